The second kappa shape index (κ2) is 3.32. The van der Waals surface area contributed by atoms with Gasteiger partial charge in [0.05, 0.1) is 17.1 Å². The summed E-state index contributed by atoms with van der Waals surface area (Å²) in [6, 6.07) is 8.09. The Balaban J connectivity index is 1.93. The maximum atomic E-state index is 13.9. The Labute approximate surface area is 104 Å². The zero-order valence-electron chi connectivity index (χ0n) is 9.55. The molecule has 3 nitrogen and oxygen atoms in total. The van der Waals surface area contributed by atoms with Crippen molar-refractivity contribution in [1.29, 1.82) is 0 Å². The van der Waals surface area contributed by atoms with Crippen molar-refractivity contribution in [2.24, 2.45) is 4.99 Å². The van der Waals surface area contributed by atoms with Crippen LogP contribution in [0.2, 0.25) is 0 Å². The predicted molar refractivity (Wildman–Crippen MR) is 68.3 cm³/mol. The summed E-state index contributed by atoms with van der Waals surface area (Å²) < 4.78 is 13.9. The number of rotatable bonds is 0. The van der Waals surface area contributed by atoms with Crippen LogP contribution in [0.25, 0.3) is 0 Å². The Morgan fingerprint density at radius 1 is 1.22 bits per heavy atom. The van der Waals surface area contributed by atoms with Crippen molar-refractivity contribution in [2.45, 2.75) is 6.42 Å². The van der Waals surface area contributed by atoms with Crippen LogP contribution in [0.15, 0.2) is 64.7 Å². The van der Waals surface area contributed by atoms with Crippen molar-refractivity contribution >= 4 is 12.0 Å². The second-order valence-electron chi connectivity index (χ2n) is 4.42. The maximum Gasteiger partial charge on any atom is 0.120 e. The molecule has 0 atom stereocenters. The average molecular weight is 239 g/mol. The Morgan fingerprint density at radius 2 is 2.11 bits per heavy atom. The van der Waals surface area contributed by atoms with Gasteiger partial charge in [0.15, 0.2) is 0 Å². The number of aliphatic imine (C=N–C) groups is 1. The molecule has 3 heterocycles. The molecule has 3 aliphatic rings. The lowest BCUT2D eigenvalue weighted by molar-refractivity contribution is 0.138. The van der Waals surface area contributed by atoms with Crippen molar-refractivity contribution in [2.75, 3.05) is 4.90 Å². The van der Waals surface area contributed by atoms with Crippen molar-refractivity contribution in [1.82, 2.24) is 5.12 Å². The molecule has 0 N–H and O–H groups in total. The number of fused-ring (bicyclic) bond motifs is 4. The van der Waals surface area contributed by atoms with E-state index in [4.69, 9.17) is 0 Å². The molecule has 0 saturated heterocycles. The van der Waals surface area contributed by atoms with E-state index >= 15 is 0 Å². The number of nitrogens with zero attached hydrogens (tertiary/aromatic N) is 3. The topological polar surface area (TPSA) is 18.8 Å². The van der Waals surface area contributed by atoms with Crippen LogP contribution >= 0.6 is 0 Å². The van der Waals surface area contributed by atoms with Gasteiger partial charge in [-0.1, -0.05) is 22.7 Å². The second-order valence-corrected chi connectivity index (χ2v) is 4.42. The normalized spacial score (nSPS) is 19.7. The van der Waals surface area contributed by atoms with E-state index in [9.17, 15) is 4.48 Å². The van der Waals surface area contributed by atoms with Crippen molar-refractivity contribution in [3.63, 3.8) is 0 Å². The molecule has 1 aromatic rings. The van der Waals surface area contributed by atoms with Crippen LogP contribution in [0.5, 0.6) is 0 Å². The zero-order valence-corrected chi connectivity index (χ0v) is 9.55. The molecule has 0 unspecified atom stereocenters. The fraction of sp³-hybridized carbons (Fsp3) is 0.0714. The Bertz CT molecular complexity index is 655. The molecule has 0 aliphatic carbocycles. The minimum absolute atomic E-state index is 0.552. The highest BCUT2D eigenvalue weighted by Gasteiger charge is 2.32. The lowest BCUT2D eigenvalue weighted by atomic mass is 10.1. The summed E-state index contributed by atoms with van der Waals surface area (Å²) >= 11 is 0. The zero-order chi connectivity index (χ0) is 12.1. The molecule has 0 spiro atoms. The van der Waals surface area contributed by atoms with Crippen LogP contribution < -0.4 is 4.90 Å². The highest BCUT2D eigenvalue weighted by Crippen LogP contribution is 2.40. The summed E-state index contributed by atoms with van der Waals surface area (Å²) in [4.78, 5) is 6.28. The molecule has 88 valence electrons. The third-order valence-electron chi connectivity index (χ3n) is 3.41. The van der Waals surface area contributed by atoms with Crippen LogP contribution in [-0.4, -0.2) is 11.5 Å². The van der Waals surface area contributed by atoms with E-state index in [0.29, 0.717) is 16.5 Å². The van der Waals surface area contributed by atoms with Gasteiger partial charge in [-0.3, -0.25) is 0 Å². The van der Waals surface area contributed by atoms with Crippen LogP contribution in [0.1, 0.15) is 5.56 Å². The van der Waals surface area contributed by atoms with Gasteiger partial charge in [-0.15, -0.1) is 0 Å². The monoisotopic (exact) mass is 239 g/mol. The summed E-state index contributed by atoms with van der Waals surface area (Å²) in [7, 11) is 0. The first kappa shape index (κ1) is 9.65. The summed E-state index contributed by atoms with van der Waals surface area (Å²) in [6.45, 7) is 0. The van der Waals surface area contributed by atoms with E-state index in [2.05, 4.69) is 11.1 Å². The van der Waals surface area contributed by atoms with Gasteiger partial charge >= 0.3 is 0 Å². The van der Waals surface area contributed by atoms with Gasteiger partial charge in [-0.25, -0.2) is 4.99 Å². The van der Waals surface area contributed by atoms with Crippen LogP contribution in [-0.2, 0) is 6.42 Å². The fourth-order valence-corrected chi connectivity index (χ4v) is 2.60. The molecule has 0 fully saturated rings. The van der Waals surface area contributed by atoms with Crippen LogP contribution in [0, 0.1) is 0 Å². The first-order valence-corrected chi connectivity index (χ1v) is 5.83. The molecule has 0 saturated carbocycles. The standard InChI is InChI=1S/C14H10FN3/c15-18-7-3-5-11-14(18)13-8-10-4-1-2-6-12(10)17(13)9-16-11/h1-7,9H,8H2. The molecular weight excluding hydrogens is 229 g/mol. The van der Waals surface area contributed by atoms with Gasteiger partial charge in [-0.2, -0.15) is 5.12 Å². The van der Waals surface area contributed by atoms with Gasteiger partial charge < -0.3 is 4.90 Å². The number of benzene rings is 1. The first-order valence-electron chi connectivity index (χ1n) is 5.83. The highest BCUT2D eigenvalue weighted by molar-refractivity contribution is 5.91. The SMILES string of the molecule is FN1C=CC=C2N=CN3C(=C21)Cc1ccccc13. The van der Waals surface area contributed by atoms with Crippen molar-refractivity contribution in [3.8, 4) is 0 Å². The molecule has 0 radical (unpaired) electrons. The number of hydrogen-bond donors (Lipinski definition) is 0. The van der Waals surface area contributed by atoms with Crippen molar-refractivity contribution < 1.29 is 4.48 Å². The predicted octanol–water partition coefficient (Wildman–Crippen LogP) is 2.90. The molecule has 0 amide bonds. The minimum atomic E-state index is 0.552. The molecule has 18 heavy (non-hydrogen) atoms. The van der Waals surface area contributed by atoms with E-state index in [1.165, 1.54) is 11.8 Å². The van der Waals surface area contributed by atoms with Gasteiger partial charge in [0.1, 0.15) is 12.0 Å². The molecular formula is C14H10FN3. The average Bonchev–Trinajstić information content (AvgIpc) is 2.77. The molecule has 0 bridgehead atoms. The quantitative estimate of drug-likeness (QED) is 0.648. The third-order valence-corrected chi connectivity index (χ3v) is 3.41. The highest BCUT2D eigenvalue weighted by atomic mass is 19.2. The fourth-order valence-electron chi connectivity index (χ4n) is 2.60. The van der Waals surface area contributed by atoms with E-state index in [-0.39, 0.29) is 0 Å². The molecule has 3 aliphatic heterocycles. The lowest BCUT2D eigenvalue weighted by Gasteiger charge is -2.27. The van der Waals surface area contributed by atoms with Crippen LogP contribution in [0.3, 0.4) is 0 Å². The summed E-state index contributed by atoms with van der Waals surface area (Å²) in [6.07, 6.45) is 7.41. The van der Waals surface area contributed by atoms with Gasteiger partial charge in [-0.05, 0) is 23.8 Å². The maximum absolute atomic E-state index is 13.9. The molecule has 4 heteroatoms. The van der Waals surface area contributed by atoms with E-state index in [1.807, 2.05) is 29.2 Å². The van der Waals surface area contributed by atoms with Crippen molar-refractivity contribution in [3.05, 3.63) is 65.3 Å². The summed E-state index contributed by atoms with van der Waals surface area (Å²) in [5.74, 6) is 0. The summed E-state index contributed by atoms with van der Waals surface area (Å²) in [5, 5.41) is 0.653. The van der Waals surface area contributed by atoms with E-state index < -0.39 is 0 Å². The smallest absolute Gasteiger partial charge is 0.120 e. The van der Waals surface area contributed by atoms with Gasteiger partial charge in [0.25, 0.3) is 0 Å². The molecule has 0 aromatic heterocycles. The minimum Gasteiger partial charge on any atom is -0.302 e. The number of para-hydroxylation sites is 1. The Morgan fingerprint density at radius 3 is 3.06 bits per heavy atom. The largest absolute Gasteiger partial charge is 0.302 e. The third kappa shape index (κ3) is 1.14. The van der Waals surface area contributed by atoms with Gasteiger partial charge in [0.2, 0.25) is 0 Å². The number of anilines is 1. The number of hydrogen-bond acceptors (Lipinski definition) is 3. The van der Waals surface area contributed by atoms with E-state index in [1.54, 1.807) is 12.4 Å². The van der Waals surface area contributed by atoms with Gasteiger partial charge in [0, 0.05) is 12.6 Å². The lowest BCUT2D eigenvalue weighted by Crippen LogP contribution is -2.27. The Hall–Kier alpha value is -2.36. The molecule has 1 aromatic carbocycles. The Kier molecular flexibility index (Phi) is 1.78. The van der Waals surface area contributed by atoms with Crippen LogP contribution in [0.4, 0.5) is 10.2 Å². The first-order chi connectivity index (χ1) is 8.84. The number of allylic oxidation sites excluding steroid dienone is 3. The van der Waals surface area contributed by atoms with E-state index in [0.717, 1.165) is 17.8 Å². The summed E-state index contributed by atoms with van der Waals surface area (Å²) in [5.41, 5.74) is 4.47. The number of halogens is 1. The molecule has 4 rings (SSSR count).